The molecule has 7 nitrogen and oxygen atoms in total. The second-order valence-electron chi connectivity index (χ2n) is 8.09. The number of nitrogens with zero attached hydrogens (tertiary/aromatic N) is 3. The van der Waals surface area contributed by atoms with E-state index in [0.717, 1.165) is 39.5 Å². The molecule has 0 aliphatic carbocycles. The SMILES string of the molecule is CCNC(=O)N1CCc2ccc(NC(=O)/C=C/c3cn(-c4ccccc4)nc3-c3cccs3)cc21. The van der Waals surface area contributed by atoms with Gasteiger partial charge in [-0.05, 0) is 60.7 Å². The molecule has 0 bridgehead atoms. The molecule has 0 saturated carbocycles. The molecule has 0 fully saturated rings. The van der Waals surface area contributed by atoms with Crippen molar-refractivity contribution in [3.63, 3.8) is 0 Å². The quantitative estimate of drug-likeness (QED) is 0.363. The monoisotopic (exact) mass is 483 g/mol. The van der Waals surface area contributed by atoms with Crippen molar-refractivity contribution in [1.82, 2.24) is 15.1 Å². The van der Waals surface area contributed by atoms with Crippen LogP contribution in [0.1, 0.15) is 18.1 Å². The lowest BCUT2D eigenvalue weighted by molar-refractivity contribution is -0.111. The van der Waals surface area contributed by atoms with Crippen LogP contribution in [0, 0.1) is 0 Å². The van der Waals surface area contributed by atoms with Crippen molar-refractivity contribution < 1.29 is 9.59 Å². The molecule has 3 amide bonds. The normalized spacial score (nSPS) is 12.7. The molecule has 8 heteroatoms. The highest BCUT2D eigenvalue weighted by atomic mass is 32.1. The topological polar surface area (TPSA) is 79.3 Å². The Morgan fingerprint density at radius 2 is 1.97 bits per heavy atom. The van der Waals surface area contributed by atoms with Gasteiger partial charge < -0.3 is 10.6 Å². The molecule has 1 aliphatic rings. The molecule has 0 atom stereocenters. The standard InChI is InChI=1S/C27H25N5O2S/c1-2-28-27(34)31-15-14-19-10-12-21(17-23(19)31)29-25(33)13-11-20-18-32(22-7-4-3-5-8-22)30-26(20)24-9-6-16-35-24/h3-13,16-18H,2,14-15H2,1H3,(H,28,34)(H,29,33)/b13-11+. The molecule has 2 aromatic heterocycles. The summed E-state index contributed by atoms with van der Waals surface area (Å²) in [5, 5.41) is 12.5. The van der Waals surface area contributed by atoms with Crippen molar-refractivity contribution in [3.05, 3.63) is 89.4 Å². The highest BCUT2D eigenvalue weighted by molar-refractivity contribution is 7.13. The molecule has 5 rings (SSSR count). The Kier molecular flexibility index (Phi) is 6.45. The second kappa shape index (κ2) is 9.99. The Balaban J connectivity index is 1.36. The van der Waals surface area contributed by atoms with E-state index in [1.54, 1.807) is 22.3 Å². The number of carbonyl (C=O) groups excluding carboxylic acids is 2. The van der Waals surface area contributed by atoms with Crippen LogP contribution in [0.4, 0.5) is 16.2 Å². The zero-order valence-corrected chi connectivity index (χ0v) is 20.1. The largest absolute Gasteiger partial charge is 0.338 e. The Morgan fingerprint density at radius 1 is 1.11 bits per heavy atom. The van der Waals surface area contributed by atoms with Gasteiger partial charge in [0.05, 0.1) is 16.3 Å². The van der Waals surface area contributed by atoms with Crippen molar-refractivity contribution >= 4 is 40.7 Å². The van der Waals surface area contributed by atoms with E-state index in [1.807, 2.05) is 83.8 Å². The Bertz CT molecular complexity index is 1380. The van der Waals surface area contributed by atoms with Gasteiger partial charge in [0.25, 0.3) is 0 Å². The summed E-state index contributed by atoms with van der Waals surface area (Å²) in [4.78, 5) is 27.9. The van der Waals surface area contributed by atoms with Crippen molar-refractivity contribution in [2.24, 2.45) is 0 Å². The summed E-state index contributed by atoms with van der Waals surface area (Å²) >= 11 is 1.61. The zero-order valence-electron chi connectivity index (χ0n) is 19.3. The van der Waals surface area contributed by atoms with Gasteiger partial charge in [0.2, 0.25) is 5.91 Å². The predicted octanol–water partition coefficient (Wildman–Crippen LogP) is 5.34. The van der Waals surface area contributed by atoms with Crippen LogP contribution < -0.4 is 15.5 Å². The first-order valence-electron chi connectivity index (χ1n) is 11.5. The molecule has 35 heavy (non-hydrogen) atoms. The van der Waals surface area contributed by atoms with Crippen molar-refractivity contribution in [2.75, 3.05) is 23.3 Å². The van der Waals surface area contributed by atoms with Crippen LogP contribution in [0.15, 0.2) is 78.3 Å². The van der Waals surface area contributed by atoms with E-state index in [-0.39, 0.29) is 11.9 Å². The fourth-order valence-electron chi connectivity index (χ4n) is 4.09. The lowest BCUT2D eigenvalue weighted by Crippen LogP contribution is -2.38. The molecule has 1 aliphatic heterocycles. The van der Waals surface area contributed by atoms with Gasteiger partial charge in [-0.2, -0.15) is 5.10 Å². The molecule has 0 unspecified atom stereocenters. The van der Waals surface area contributed by atoms with E-state index in [4.69, 9.17) is 5.10 Å². The van der Waals surface area contributed by atoms with Crippen LogP contribution in [0.2, 0.25) is 0 Å². The second-order valence-corrected chi connectivity index (χ2v) is 9.04. The molecule has 176 valence electrons. The van der Waals surface area contributed by atoms with Gasteiger partial charge in [-0.3, -0.25) is 9.69 Å². The van der Waals surface area contributed by atoms with Crippen LogP contribution in [-0.2, 0) is 11.2 Å². The molecular formula is C27H25N5O2S. The summed E-state index contributed by atoms with van der Waals surface area (Å²) in [6, 6.07) is 19.5. The maximum absolute atomic E-state index is 12.8. The average molecular weight is 484 g/mol. The Morgan fingerprint density at radius 3 is 2.74 bits per heavy atom. The van der Waals surface area contributed by atoms with Crippen LogP contribution in [0.3, 0.4) is 0 Å². The predicted molar refractivity (Wildman–Crippen MR) is 141 cm³/mol. The van der Waals surface area contributed by atoms with E-state index >= 15 is 0 Å². The van der Waals surface area contributed by atoms with Crippen molar-refractivity contribution in [1.29, 1.82) is 0 Å². The maximum Gasteiger partial charge on any atom is 0.321 e. The van der Waals surface area contributed by atoms with E-state index < -0.39 is 0 Å². The van der Waals surface area contributed by atoms with Crippen LogP contribution in [0.25, 0.3) is 22.3 Å². The van der Waals surface area contributed by atoms with E-state index in [2.05, 4.69) is 10.6 Å². The minimum atomic E-state index is -0.253. The van der Waals surface area contributed by atoms with Gasteiger partial charge in [-0.1, -0.05) is 30.3 Å². The summed E-state index contributed by atoms with van der Waals surface area (Å²) in [7, 11) is 0. The molecule has 2 N–H and O–H groups in total. The van der Waals surface area contributed by atoms with Crippen molar-refractivity contribution in [2.45, 2.75) is 13.3 Å². The summed E-state index contributed by atoms with van der Waals surface area (Å²) in [6.45, 7) is 3.10. The third-order valence-corrected chi connectivity index (χ3v) is 6.63. The third kappa shape index (κ3) is 4.88. The lowest BCUT2D eigenvalue weighted by Gasteiger charge is -2.18. The number of aromatic nitrogens is 2. The number of nitrogens with one attached hydrogen (secondary N) is 2. The molecule has 4 aromatic rings. The minimum absolute atomic E-state index is 0.119. The molecule has 0 spiro atoms. The molecular weight excluding hydrogens is 458 g/mol. The third-order valence-electron chi connectivity index (χ3n) is 5.75. The number of carbonyl (C=O) groups is 2. The summed E-state index contributed by atoms with van der Waals surface area (Å²) < 4.78 is 1.82. The number of fused-ring (bicyclic) bond motifs is 1. The molecule has 0 saturated heterocycles. The number of urea groups is 1. The number of hydrogen-bond acceptors (Lipinski definition) is 4. The number of anilines is 2. The van der Waals surface area contributed by atoms with Gasteiger partial charge in [-0.15, -0.1) is 11.3 Å². The number of hydrogen-bond donors (Lipinski definition) is 2. The number of amides is 3. The highest BCUT2D eigenvalue weighted by Crippen LogP contribution is 2.31. The smallest absolute Gasteiger partial charge is 0.321 e. The van der Waals surface area contributed by atoms with Crippen LogP contribution in [-0.4, -0.2) is 34.8 Å². The maximum atomic E-state index is 12.8. The van der Waals surface area contributed by atoms with Gasteiger partial charge in [0.15, 0.2) is 0 Å². The fraction of sp³-hybridized carbons (Fsp3) is 0.148. The first-order chi connectivity index (χ1) is 17.1. The van der Waals surface area contributed by atoms with Crippen molar-refractivity contribution in [3.8, 4) is 16.3 Å². The molecule has 2 aromatic carbocycles. The van der Waals surface area contributed by atoms with Gasteiger partial charge in [-0.25, -0.2) is 9.48 Å². The number of thiophene rings is 1. The average Bonchev–Trinajstić information content (AvgIpc) is 3.63. The first kappa shape index (κ1) is 22.6. The van der Waals surface area contributed by atoms with Gasteiger partial charge >= 0.3 is 6.03 Å². The summed E-state index contributed by atoms with van der Waals surface area (Å²) in [5.74, 6) is -0.253. The van der Waals surface area contributed by atoms with Gasteiger partial charge in [0.1, 0.15) is 5.69 Å². The Labute approximate surface area is 207 Å². The lowest BCUT2D eigenvalue weighted by atomic mass is 10.1. The zero-order chi connectivity index (χ0) is 24.2. The number of para-hydroxylation sites is 1. The first-order valence-corrected chi connectivity index (χ1v) is 12.4. The molecule has 3 heterocycles. The fourth-order valence-corrected chi connectivity index (χ4v) is 4.82. The minimum Gasteiger partial charge on any atom is -0.338 e. The number of rotatable bonds is 6. The molecule has 0 radical (unpaired) electrons. The van der Waals surface area contributed by atoms with E-state index in [0.29, 0.717) is 18.8 Å². The Hall–Kier alpha value is -4.17. The summed E-state index contributed by atoms with van der Waals surface area (Å²) in [5.41, 5.74) is 5.20. The van der Waals surface area contributed by atoms with E-state index in [9.17, 15) is 9.59 Å². The number of benzene rings is 2. The van der Waals surface area contributed by atoms with E-state index in [1.165, 1.54) is 6.08 Å². The van der Waals surface area contributed by atoms with Crippen LogP contribution in [0.5, 0.6) is 0 Å². The summed E-state index contributed by atoms with van der Waals surface area (Å²) in [6.07, 6.45) is 6.02. The van der Waals surface area contributed by atoms with Crippen LogP contribution >= 0.6 is 11.3 Å². The van der Waals surface area contributed by atoms with Gasteiger partial charge in [0, 0.05) is 36.6 Å². The highest BCUT2D eigenvalue weighted by Gasteiger charge is 2.24.